The minimum Gasteiger partial charge on any atom is -0.487 e. The predicted molar refractivity (Wildman–Crippen MR) is 136 cm³/mol. The minimum absolute atomic E-state index is 0.0205. The SMILES string of the molecule is O=C(O)CCc1cc(-c2ccc(Cl)cc2)n(-c2ccc(OCc3ccc4ccccc4n3)cc2)n1. The molecule has 0 bridgehead atoms. The first-order valence-corrected chi connectivity index (χ1v) is 11.6. The molecule has 0 aliphatic rings. The van der Waals surface area contributed by atoms with Gasteiger partial charge in [0.15, 0.2) is 0 Å². The van der Waals surface area contributed by atoms with Crippen LogP contribution in [0.2, 0.25) is 5.02 Å². The molecule has 0 atom stereocenters. The molecule has 7 heteroatoms. The van der Waals surface area contributed by atoms with E-state index >= 15 is 0 Å². The average molecular weight is 484 g/mol. The highest BCUT2D eigenvalue weighted by atomic mass is 35.5. The Labute approximate surface area is 207 Å². The predicted octanol–water partition coefficient (Wildman–Crippen LogP) is 6.34. The Bertz CT molecular complexity index is 1480. The van der Waals surface area contributed by atoms with E-state index in [1.165, 1.54) is 0 Å². The lowest BCUT2D eigenvalue weighted by Crippen LogP contribution is -2.02. The van der Waals surface area contributed by atoms with E-state index in [2.05, 4.69) is 10.1 Å². The first-order chi connectivity index (χ1) is 17.0. The van der Waals surface area contributed by atoms with Crippen LogP contribution in [0, 0.1) is 0 Å². The van der Waals surface area contributed by atoms with Gasteiger partial charge in [0.25, 0.3) is 0 Å². The number of para-hydroxylation sites is 1. The molecule has 5 aromatic rings. The molecule has 0 spiro atoms. The van der Waals surface area contributed by atoms with Crippen LogP contribution in [0.4, 0.5) is 0 Å². The number of benzene rings is 3. The van der Waals surface area contributed by atoms with Gasteiger partial charge in [-0.1, -0.05) is 48.0 Å². The van der Waals surface area contributed by atoms with Crippen LogP contribution in [0.1, 0.15) is 17.8 Å². The number of nitrogens with zero attached hydrogens (tertiary/aromatic N) is 3. The first kappa shape index (κ1) is 22.6. The topological polar surface area (TPSA) is 77.2 Å². The highest BCUT2D eigenvalue weighted by molar-refractivity contribution is 6.30. The lowest BCUT2D eigenvalue weighted by atomic mass is 10.1. The minimum atomic E-state index is -0.852. The van der Waals surface area contributed by atoms with Crippen molar-refractivity contribution >= 4 is 28.5 Å². The fraction of sp³-hybridized carbons (Fsp3) is 0.107. The van der Waals surface area contributed by atoms with Crippen LogP contribution < -0.4 is 4.74 Å². The molecule has 0 unspecified atom stereocenters. The van der Waals surface area contributed by atoms with Gasteiger partial charge in [0.1, 0.15) is 12.4 Å². The monoisotopic (exact) mass is 483 g/mol. The van der Waals surface area contributed by atoms with Gasteiger partial charge in [0.2, 0.25) is 0 Å². The molecule has 5 rings (SSSR count). The maximum absolute atomic E-state index is 11.0. The van der Waals surface area contributed by atoms with Crippen LogP contribution in [0.3, 0.4) is 0 Å². The van der Waals surface area contributed by atoms with Crippen molar-refractivity contribution in [3.05, 3.63) is 107 Å². The molecular weight excluding hydrogens is 462 g/mol. The summed E-state index contributed by atoms with van der Waals surface area (Å²) in [6, 6.07) is 29.0. The third kappa shape index (κ3) is 5.34. The molecule has 0 aliphatic carbocycles. The van der Waals surface area contributed by atoms with Crippen LogP contribution >= 0.6 is 11.6 Å². The molecule has 3 aromatic carbocycles. The van der Waals surface area contributed by atoms with Crippen molar-refractivity contribution in [2.75, 3.05) is 0 Å². The van der Waals surface area contributed by atoms with Crippen molar-refractivity contribution in [2.45, 2.75) is 19.4 Å². The summed E-state index contributed by atoms with van der Waals surface area (Å²) in [5, 5.41) is 15.5. The number of ether oxygens (including phenoxy) is 1. The van der Waals surface area contributed by atoms with Gasteiger partial charge in [-0.25, -0.2) is 9.67 Å². The summed E-state index contributed by atoms with van der Waals surface area (Å²) in [5.41, 5.74) is 5.14. The maximum Gasteiger partial charge on any atom is 0.303 e. The van der Waals surface area contributed by atoms with Gasteiger partial charge in [-0.15, -0.1) is 0 Å². The van der Waals surface area contributed by atoms with Gasteiger partial charge in [-0.05, 0) is 54.6 Å². The second kappa shape index (κ2) is 9.99. The van der Waals surface area contributed by atoms with Gasteiger partial charge in [-0.2, -0.15) is 5.10 Å². The normalized spacial score (nSPS) is 11.0. The number of carbonyl (C=O) groups is 1. The summed E-state index contributed by atoms with van der Waals surface area (Å²) in [6.07, 6.45) is 0.371. The van der Waals surface area contributed by atoms with Crippen molar-refractivity contribution in [1.82, 2.24) is 14.8 Å². The molecule has 6 nitrogen and oxygen atoms in total. The van der Waals surface area contributed by atoms with E-state index in [0.717, 1.165) is 39.3 Å². The number of fused-ring (bicyclic) bond motifs is 1. The molecule has 0 radical (unpaired) electrons. The summed E-state index contributed by atoms with van der Waals surface area (Å²) >= 11 is 6.06. The molecule has 2 heterocycles. The molecule has 0 saturated carbocycles. The smallest absolute Gasteiger partial charge is 0.303 e. The second-order valence-corrected chi connectivity index (χ2v) is 8.55. The van der Waals surface area contributed by atoms with E-state index in [1.807, 2.05) is 95.7 Å². The molecular formula is C28H22ClN3O3. The summed E-state index contributed by atoms with van der Waals surface area (Å²) < 4.78 is 7.77. The van der Waals surface area contributed by atoms with Gasteiger partial charge in [0, 0.05) is 22.4 Å². The Morgan fingerprint density at radius 2 is 1.69 bits per heavy atom. The molecule has 2 aromatic heterocycles. The maximum atomic E-state index is 11.0. The zero-order chi connectivity index (χ0) is 24.2. The second-order valence-electron chi connectivity index (χ2n) is 8.11. The number of halogens is 1. The van der Waals surface area contributed by atoms with Crippen molar-refractivity contribution < 1.29 is 14.6 Å². The summed E-state index contributed by atoms with van der Waals surface area (Å²) in [7, 11) is 0. The molecule has 0 amide bonds. The molecule has 0 saturated heterocycles. The number of hydrogen-bond donors (Lipinski definition) is 1. The molecule has 0 fully saturated rings. The fourth-order valence-corrected chi connectivity index (χ4v) is 3.97. The summed E-state index contributed by atoms with van der Waals surface area (Å²) in [4.78, 5) is 15.7. The third-order valence-corrected chi connectivity index (χ3v) is 5.87. The summed E-state index contributed by atoms with van der Waals surface area (Å²) in [6.45, 7) is 0.362. The highest BCUT2D eigenvalue weighted by Crippen LogP contribution is 2.27. The number of pyridine rings is 1. The molecule has 1 N–H and O–H groups in total. The Morgan fingerprint density at radius 3 is 2.46 bits per heavy atom. The summed E-state index contributed by atoms with van der Waals surface area (Å²) in [5.74, 6) is -0.134. The molecule has 35 heavy (non-hydrogen) atoms. The van der Waals surface area contributed by atoms with Crippen LogP contribution in [0.15, 0.2) is 91.0 Å². The lowest BCUT2D eigenvalue weighted by molar-refractivity contribution is -0.136. The van der Waals surface area contributed by atoms with Crippen molar-refractivity contribution in [3.63, 3.8) is 0 Å². The Hall–Kier alpha value is -4.16. The number of aliphatic carboxylic acids is 1. The van der Waals surface area contributed by atoms with E-state index < -0.39 is 5.97 Å². The van der Waals surface area contributed by atoms with Crippen molar-refractivity contribution in [2.24, 2.45) is 0 Å². The average Bonchev–Trinajstić information content (AvgIpc) is 3.31. The lowest BCUT2D eigenvalue weighted by Gasteiger charge is -2.10. The fourth-order valence-electron chi connectivity index (χ4n) is 3.84. The molecule has 174 valence electrons. The Kier molecular flexibility index (Phi) is 6.46. The zero-order valence-electron chi connectivity index (χ0n) is 18.8. The van der Waals surface area contributed by atoms with Crippen LogP contribution in [-0.4, -0.2) is 25.8 Å². The Morgan fingerprint density at radius 1 is 0.914 bits per heavy atom. The number of aryl methyl sites for hydroxylation is 1. The number of carboxylic acid groups (broad SMARTS) is 1. The Balaban J connectivity index is 1.37. The van der Waals surface area contributed by atoms with E-state index in [0.29, 0.717) is 23.7 Å². The van der Waals surface area contributed by atoms with E-state index in [1.54, 1.807) is 0 Å². The number of carboxylic acids is 1. The van der Waals surface area contributed by atoms with Crippen LogP contribution in [0.25, 0.3) is 27.8 Å². The largest absolute Gasteiger partial charge is 0.487 e. The first-order valence-electron chi connectivity index (χ1n) is 11.2. The van der Waals surface area contributed by atoms with Gasteiger partial charge < -0.3 is 9.84 Å². The van der Waals surface area contributed by atoms with Gasteiger partial charge in [0.05, 0.1) is 34.7 Å². The molecule has 0 aliphatic heterocycles. The van der Waals surface area contributed by atoms with Crippen molar-refractivity contribution in [3.8, 4) is 22.7 Å². The van der Waals surface area contributed by atoms with Crippen molar-refractivity contribution in [1.29, 1.82) is 0 Å². The number of aromatic nitrogens is 3. The third-order valence-electron chi connectivity index (χ3n) is 5.62. The van der Waals surface area contributed by atoms with E-state index in [-0.39, 0.29) is 6.42 Å². The standard InChI is InChI=1S/C28H22ClN3O3/c29-21-8-5-20(6-9-21)27-17-22(11-16-28(33)34)31-32(27)24-12-14-25(15-13-24)35-18-23-10-7-19-3-1-2-4-26(19)30-23/h1-10,12-15,17H,11,16,18H2,(H,33,34). The van der Waals surface area contributed by atoms with Crippen LogP contribution in [0.5, 0.6) is 5.75 Å². The van der Waals surface area contributed by atoms with Crippen LogP contribution in [-0.2, 0) is 17.8 Å². The quantitative estimate of drug-likeness (QED) is 0.279. The number of hydrogen-bond acceptors (Lipinski definition) is 4. The van der Waals surface area contributed by atoms with E-state index in [9.17, 15) is 4.79 Å². The van der Waals surface area contributed by atoms with Gasteiger partial charge in [-0.3, -0.25) is 4.79 Å². The zero-order valence-corrected chi connectivity index (χ0v) is 19.5. The van der Waals surface area contributed by atoms with Gasteiger partial charge >= 0.3 is 5.97 Å². The highest BCUT2D eigenvalue weighted by Gasteiger charge is 2.13. The number of rotatable bonds is 8. The van der Waals surface area contributed by atoms with E-state index in [4.69, 9.17) is 21.4 Å².